The molecule has 0 bridgehead atoms. The van der Waals surface area contributed by atoms with Crippen LogP contribution in [0.1, 0.15) is 53.8 Å². The number of rotatable bonds is 8. The number of thioether (sulfide) groups is 1. The fraction of sp³-hybridized carbons (Fsp3) is 0.478. The first-order chi connectivity index (χ1) is 14.7. The molecule has 2 heterocycles. The highest BCUT2D eigenvalue weighted by Gasteiger charge is 2.24. The predicted octanol–water partition coefficient (Wildman–Crippen LogP) is 2.88. The van der Waals surface area contributed by atoms with Crippen LogP contribution in [-0.4, -0.2) is 39.6 Å². The predicted molar refractivity (Wildman–Crippen MR) is 126 cm³/mol. The Labute approximate surface area is 185 Å². The summed E-state index contributed by atoms with van der Waals surface area (Å²) < 4.78 is 0. The zero-order valence-corrected chi connectivity index (χ0v) is 18.7. The summed E-state index contributed by atoms with van der Waals surface area (Å²) in [5.41, 5.74) is 2.11. The molecule has 0 atom stereocenters. The molecule has 0 spiro atoms. The summed E-state index contributed by atoms with van der Waals surface area (Å²) in [4.78, 5) is 18.1. The van der Waals surface area contributed by atoms with Crippen LogP contribution in [0.25, 0.3) is 12.2 Å². The van der Waals surface area contributed by atoms with Gasteiger partial charge in [0.2, 0.25) is 0 Å². The summed E-state index contributed by atoms with van der Waals surface area (Å²) in [5.74, 6) is 0.832. The average Bonchev–Trinajstić information content (AvgIpc) is 3.26. The van der Waals surface area contributed by atoms with Gasteiger partial charge in [-0.25, -0.2) is 0 Å². The Morgan fingerprint density at radius 1 is 1.20 bits per heavy atom. The highest BCUT2D eigenvalue weighted by Crippen LogP contribution is 2.29. The SMILES string of the molecule is O=C(NC1CCC(SCCO)CC1)c1sccc1NCc1ccnc2c1=CCCC=2. The average molecular weight is 444 g/mol. The Morgan fingerprint density at radius 3 is 2.87 bits per heavy atom. The van der Waals surface area contributed by atoms with Gasteiger partial charge in [0, 0.05) is 35.0 Å². The number of thiophene rings is 1. The van der Waals surface area contributed by atoms with Crippen molar-refractivity contribution >= 4 is 46.8 Å². The summed E-state index contributed by atoms with van der Waals surface area (Å²) in [6.45, 7) is 0.924. The van der Waals surface area contributed by atoms with Gasteiger partial charge in [-0.1, -0.05) is 12.2 Å². The molecule has 0 aliphatic heterocycles. The number of hydrogen-bond donors (Lipinski definition) is 3. The van der Waals surface area contributed by atoms with Crippen molar-refractivity contribution in [2.45, 2.75) is 56.4 Å². The highest BCUT2D eigenvalue weighted by molar-refractivity contribution is 7.99. The molecule has 5 nitrogen and oxygen atoms in total. The molecule has 3 N–H and O–H groups in total. The third-order valence-corrected chi connectivity index (χ3v) is 8.03. The van der Waals surface area contributed by atoms with Crippen molar-refractivity contribution in [3.8, 4) is 0 Å². The van der Waals surface area contributed by atoms with E-state index >= 15 is 0 Å². The summed E-state index contributed by atoms with van der Waals surface area (Å²) in [5, 5.41) is 20.6. The third kappa shape index (κ3) is 5.25. The molecule has 1 amide bonds. The van der Waals surface area contributed by atoms with E-state index < -0.39 is 0 Å². The Balaban J connectivity index is 1.34. The van der Waals surface area contributed by atoms with Crippen LogP contribution in [0.15, 0.2) is 23.7 Å². The number of aliphatic hydroxyl groups excluding tert-OH is 1. The van der Waals surface area contributed by atoms with E-state index in [9.17, 15) is 4.79 Å². The van der Waals surface area contributed by atoms with Gasteiger partial charge in [-0.3, -0.25) is 9.78 Å². The summed E-state index contributed by atoms with van der Waals surface area (Å²) in [6.07, 6.45) is 12.7. The molecule has 160 valence electrons. The van der Waals surface area contributed by atoms with Crippen molar-refractivity contribution in [1.29, 1.82) is 0 Å². The first-order valence-corrected chi connectivity index (χ1v) is 12.7. The third-order valence-electron chi connectivity index (χ3n) is 5.76. The van der Waals surface area contributed by atoms with Gasteiger partial charge in [0.25, 0.3) is 5.91 Å². The number of aliphatic hydroxyl groups is 1. The number of pyridine rings is 1. The van der Waals surface area contributed by atoms with E-state index in [0.29, 0.717) is 11.8 Å². The van der Waals surface area contributed by atoms with Crippen molar-refractivity contribution < 1.29 is 9.90 Å². The second-order valence-corrected chi connectivity index (χ2v) is 10.1. The lowest BCUT2D eigenvalue weighted by atomic mass is 9.95. The van der Waals surface area contributed by atoms with Gasteiger partial charge >= 0.3 is 0 Å². The van der Waals surface area contributed by atoms with E-state index in [0.717, 1.165) is 60.2 Å². The molecule has 2 aliphatic carbocycles. The maximum absolute atomic E-state index is 12.9. The van der Waals surface area contributed by atoms with E-state index in [1.807, 2.05) is 29.4 Å². The number of carbonyl (C=O) groups is 1. The van der Waals surface area contributed by atoms with Crippen LogP contribution in [0.4, 0.5) is 5.69 Å². The Kier molecular flexibility index (Phi) is 7.47. The van der Waals surface area contributed by atoms with Gasteiger partial charge < -0.3 is 15.7 Å². The van der Waals surface area contributed by atoms with Crippen LogP contribution in [0.2, 0.25) is 0 Å². The van der Waals surface area contributed by atoms with Gasteiger partial charge in [0.05, 0.1) is 17.6 Å². The van der Waals surface area contributed by atoms with Gasteiger partial charge in [-0.15, -0.1) is 11.3 Å². The Hall–Kier alpha value is -1.83. The smallest absolute Gasteiger partial charge is 0.263 e. The number of fused-ring (bicyclic) bond motifs is 1. The van der Waals surface area contributed by atoms with Gasteiger partial charge in [-0.2, -0.15) is 11.8 Å². The van der Waals surface area contributed by atoms with Gasteiger partial charge in [-0.05, 0) is 61.6 Å². The molecule has 0 aromatic carbocycles. The van der Waals surface area contributed by atoms with E-state index in [2.05, 4.69) is 33.8 Å². The molecule has 1 fully saturated rings. The van der Waals surface area contributed by atoms with Crippen molar-refractivity contribution in [2.24, 2.45) is 0 Å². The summed E-state index contributed by atoms with van der Waals surface area (Å²) >= 11 is 3.34. The first kappa shape index (κ1) is 21.4. The maximum Gasteiger partial charge on any atom is 0.263 e. The highest BCUT2D eigenvalue weighted by atomic mass is 32.2. The molecule has 2 aromatic rings. The lowest BCUT2D eigenvalue weighted by molar-refractivity contribution is 0.0933. The molecule has 0 unspecified atom stereocenters. The van der Waals surface area contributed by atoms with Crippen molar-refractivity contribution in [3.05, 3.63) is 44.7 Å². The van der Waals surface area contributed by atoms with Crippen molar-refractivity contribution in [1.82, 2.24) is 10.3 Å². The first-order valence-electron chi connectivity index (χ1n) is 10.7. The molecule has 0 saturated heterocycles. The number of nitrogens with one attached hydrogen (secondary N) is 2. The topological polar surface area (TPSA) is 74.2 Å². The van der Waals surface area contributed by atoms with E-state index in [-0.39, 0.29) is 18.6 Å². The van der Waals surface area contributed by atoms with Gasteiger partial charge in [0.1, 0.15) is 4.88 Å². The fourth-order valence-corrected chi connectivity index (χ4v) is 6.01. The molecule has 2 aromatic heterocycles. The molecule has 1 saturated carbocycles. The molecule has 30 heavy (non-hydrogen) atoms. The summed E-state index contributed by atoms with van der Waals surface area (Å²) in [7, 11) is 0. The number of amides is 1. The Morgan fingerprint density at radius 2 is 2.03 bits per heavy atom. The van der Waals surface area contributed by atoms with Crippen LogP contribution in [-0.2, 0) is 6.54 Å². The zero-order chi connectivity index (χ0) is 20.8. The summed E-state index contributed by atoms with van der Waals surface area (Å²) in [6, 6.07) is 4.29. The van der Waals surface area contributed by atoms with Crippen molar-refractivity contribution in [2.75, 3.05) is 17.7 Å². The van der Waals surface area contributed by atoms with Crippen LogP contribution < -0.4 is 21.2 Å². The lowest BCUT2D eigenvalue weighted by Crippen LogP contribution is -2.38. The fourth-order valence-electron chi connectivity index (χ4n) is 4.19. The quantitative estimate of drug-likeness (QED) is 0.585. The second-order valence-electron chi connectivity index (χ2n) is 7.81. The number of carbonyl (C=O) groups excluding carboxylic acids is 1. The van der Waals surface area contributed by atoms with Crippen molar-refractivity contribution in [3.63, 3.8) is 0 Å². The minimum absolute atomic E-state index is 0.0237. The molecular formula is C23H29N3O2S2. The molecule has 4 rings (SSSR count). The maximum atomic E-state index is 12.9. The normalized spacial score (nSPS) is 20.6. The molecule has 7 heteroatoms. The number of nitrogens with zero attached hydrogens (tertiary/aromatic N) is 1. The van der Waals surface area contributed by atoms with E-state index in [4.69, 9.17) is 5.11 Å². The van der Waals surface area contributed by atoms with Crippen LogP contribution in [0, 0.1) is 0 Å². The number of aromatic nitrogens is 1. The minimum Gasteiger partial charge on any atom is -0.396 e. The van der Waals surface area contributed by atoms with Gasteiger partial charge in [0.15, 0.2) is 0 Å². The van der Waals surface area contributed by atoms with Crippen LogP contribution in [0.3, 0.4) is 0 Å². The number of anilines is 1. The molecule has 0 radical (unpaired) electrons. The largest absolute Gasteiger partial charge is 0.396 e. The lowest BCUT2D eigenvalue weighted by Gasteiger charge is -2.28. The number of hydrogen-bond acceptors (Lipinski definition) is 6. The molecule has 2 aliphatic rings. The zero-order valence-electron chi connectivity index (χ0n) is 17.1. The monoisotopic (exact) mass is 443 g/mol. The molecular weight excluding hydrogens is 414 g/mol. The second kappa shape index (κ2) is 10.5. The van der Waals surface area contributed by atoms with E-state index in [1.165, 1.54) is 22.1 Å². The standard InChI is InChI=1S/C23H29N3O2S2/c27-12-14-29-18-7-5-17(6-8-18)26-23(28)22-21(10-13-30-22)25-15-16-9-11-24-20-4-2-1-3-19(16)20/h3-4,9-11,13,17-18,25,27H,1-2,5-8,12,14-15H2,(H,26,28). The Bertz CT molecular complexity index is 981. The van der Waals surface area contributed by atoms with Crippen LogP contribution >= 0.6 is 23.1 Å². The van der Waals surface area contributed by atoms with Crippen LogP contribution in [0.5, 0.6) is 0 Å². The van der Waals surface area contributed by atoms with E-state index in [1.54, 1.807) is 0 Å². The minimum atomic E-state index is 0.0237.